The molecule has 4 rings (SSSR count). The van der Waals surface area contributed by atoms with Crippen LogP contribution in [0.5, 0.6) is 0 Å². The van der Waals surface area contributed by atoms with Crippen LogP contribution in [0.15, 0.2) is 54.9 Å². The van der Waals surface area contributed by atoms with Crippen LogP contribution in [0.3, 0.4) is 0 Å². The van der Waals surface area contributed by atoms with E-state index in [0.29, 0.717) is 6.54 Å². The lowest BCUT2D eigenvalue weighted by Gasteiger charge is -2.35. The summed E-state index contributed by atoms with van der Waals surface area (Å²) in [7, 11) is 0. The number of benzene rings is 1. The Hall–Kier alpha value is -2.44. The quantitative estimate of drug-likeness (QED) is 0.738. The molecule has 1 fully saturated rings. The molecular formula is C21H24N4OS. The number of nitrogens with zero attached hydrogens (tertiary/aromatic N) is 3. The second kappa shape index (κ2) is 8.06. The number of anilines is 1. The number of nitrogens with one attached hydrogen (secondary N) is 1. The van der Waals surface area contributed by atoms with Crippen molar-refractivity contribution >= 4 is 33.0 Å². The van der Waals surface area contributed by atoms with Gasteiger partial charge in [-0.2, -0.15) is 0 Å². The van der Waals surface area contributed by atoms with Gasteiger partial charge in [-0.1, -0.05) is 18.2 Å². The third kappa shape index (κ3) is 4.28. The van der Waals surface area contributed by atoms with Crippen molar-refractivity contribution in [2.75, 3.05) is 37.6 Å². The topological polar surface area (TPSA) is 48.5 Å². The summed E-state index contributed by atoms with van der Waals surface area (Å²) in [6.45, 7) is 6.18. The zero-order chi connectivity index (χ0) is 18.6. The molecule has 27 heavy (non-hydrogen) atoms. The molecule has 2 aromatic heterocycles. The van der Waals surface area contributed by atoms with Gasteiger partial charge in [0, 0.05) is 53.8 Å². The molecule has 1 N–H and O–H groups in total. The van der Waals surface area contributed by atoms with Crippen LogP contribution in [0.25, 0.3) is 10.1 Å². The van der Waals surface area contributed by atoms with E-state index in [2.05, 4.69) is 51.3 Å². The second-order valence-corrected chi connectivity index (χ2v) is 8.06. The summed E-state index contributed by atoms with van der Waals surface area (Å²) in [4.78, 5) is 22.3. The first-order chi connectivity index (χ1) is 13.2. The number of carbonyl (C=O) groups excluding carboxylic acids is 1. The number of thiophene rings is 1. The highest BCUT2D eigenvalue weighted by Crippen LogP contribution is 2.29. The van der Waals surface area contributed by atoms with Crippen molar-refractivity contribution in [3.63, 3.8) is 0 Å². The lowest BCUT2D eigenvalue weighted by atomic mass is 10.2. The molecule has 1 atom stereocenters. The van der Waals surface area contributed by atoms with Gasteiger partial charge in [0.05, 0.1) is 12.6 Å². The van der Waals surface area contributed by atoms with Gasteiger partial charge in [-0.15, -0.1) is 11.3 Å². The molecule has 0 aliphatic carbocycles. The fourth-order valence-electron chi connectivity index (χ4n) is 3.50. The van der Waals surface area contributed by atoms with Crippen LogP contribution in [-0.2, 0) is 4.79 Å². The average Bonchev–Trinajstić information content (AvgIpc) is 3.14. The first kappa shape index (κ1) is 17.9. The highest BCUT2D eigenvalue weighted by molar-refractivity contribution is 7.19. The smallest absolute Gasteiger partial charge is 0.234 e. The van der Waals surface area contributed by atoms with E-state index in [0.717, 1.165) is 26.2 Å². The minimum Gasteiger partial charge on any atom is -0.369 e. The molecule has 0 radical (unpaired) electrons. The number of rotatable bonds is 5. The second-order valence-electron chi connectivity index (χ2n) is 6.94. The Labute approximate surface area is 163 Å². The van der Waals surface area contributed by atoms with Crippen molar-refractivity contribution in [3.8, 4) is 0 Å². The molecule has 6 heteroatoms. The number of hydrogen-bond donors (Lipinski definition) is 1. The number of hydrogen-bond acceptors (Lipinski definition) is 5. The summed E-state index contributed by atoms with van der Waals surface area (Å²) in [6.07, 6.45) is 3.65. The molecule has 0 saturated carbocycles. The molecular weight excluding hydrogens is 356 g/mol. The zero-order valence-corrected chi connectivity index (χ0v) is 16.3. The number of piperazine rings is 1. The molecule has 0 spiro atoms. The van der Waals surface area contributed by atoms with Crippen LogP contribution in [-0.4, -0.2) is 48.5 Å². The highest BCUT2D eigenvalue weighted by Gasteiger charge is 2.20. The first-order valence-corrected chi connectivity index (χ1v) is 10.2. The van der Waals surface area contributed by atoms with Crippen LogP contribution in [0.4, 0.5) is 5.69 Å². The molecule has 1 unspecified atom stereocenters. The maximum Gasteiger partial charge on any atom is 0.234 e. The predicted molar refractivity (Wildman–Crippen MR) is 111 cm³/mol. The van der Waals surface area contributed by atoms with Gasteiger partial charge < -0.3 is 10.2 Å². The Bertz CT molecular complexity index is 870. The summed E-state index contributed by atoms with van der Waals surface area (Å²) in [5.74, 6) is 0.0947. The van der Waals surface area contributed by atoms with Gasteiger partial charge >= 0.3 is 0 Å². The molecule has 1 aromatic carbocycles. The summed E-state index contributed by atoms with van der Waals surface area (Å²) in [5, 5.41) is 4.40. The Balaban J connectivity index is 1.28. The fourth-order valence-corrected chi connectivity index (χ4v) is 4.56. The van der Waals surface area contributed by atoms with Gasteiger partial charge in [0.2, 0.25) is 5.91 Å². The molecule has 5 nitrogen and oxygen atoms in total. The fraction of sp³-hybridized carbons (Fsp3) is 0.333. The zero-order valence-electron chi connectivity index (χ0n) is 15.5. The summed E-state index contributed by atoms with van der Waals surface area (Å²) < 4.78 is 1.26. The third-order valence-electron chi connectivity index (χ3n) is 5.02. The van der Waals surface area contributed by atoms with Crippen LogP contribution >= 0.6 is 11.3 Å². The Morgan fingerprint density at radius 1 is 1.15 bits per heavy atom. The minimum atomic E-state index is 0.0352. The number of amides is 1. The number of fused-ring (bicyclic) bond motifs is 1. The maximum absolute atomic E-state index is 12.5. The van der Waals surface area contributed by atoms with E-state index >= 15 is 0 Å². The molecule has 3 heterocycles. The van der Waals surface area contributed by atoms with Crippen molar-refractivity contribution in [2.24, 2.45) is 0 Å². The normalized spacial score (nSPS) is 16.4. The van der Waals surface area contributed by atoms with Gasteiger partial charge in [-0.25, -0.2) is 0 Å². The van der Waals surface area contributed by atoms with Crippen molar-refractivity contribution in [1.29, 1.82) is 0 Å². The van der Waals surface area contributed by atoms with E-state index in [1.54, 1.807) is 11.3 Å². The Morgan fingerprint density at radius 3 is 2.63 bits per heavy atom. The van der Waals surface area contributed by atoms with Crippen LogP contribution < -0.4 is 10.2 Å². The molecule has 1 amide bonds. The van der Waals surface area contributed by atoms with Gasteiger partial charge in [0.1, 0.15) is 0 Å². The largest absolute Gasteiger partial charge is 0.369 e. The van der Waals surface area contributed by atoms with E-state index in [4.69, 9.17) is 0 Å². The van der Waals surface area contributed by atoms with E-state index in [9.17, 15) is 4.79 Å². The Morgan fingerprint density at radius 2 is 1.89 bits per heavy atom. The van der Waals surface area contributed by atoms with Gasteiger partial charge in [-0.05, 0) is 36.6 Å². The molecule has 0 bridgehead atoms. The van der Waals surface area contributed by atoms with Gasteiger partial charge in [-0.3, -0.25) is 14.7 Å². The number of pyridine rings is 1. The minimum absolute atomic E-state index is 0.0352. The molecule has 1 aliphatic heterocycles. The lowest BCUT2D eigenvalue weighted by Crippen LogP contribution is -2.49. The lowest BCUT2D eigenvalue weighted by molar-refractivity contribution is -0.122. The van der Waals surface area contributed by atoms with E-state index in [1.807, 2.05) is 30.6 Å². The van der Waals surface area contributed by atoms with E-state index in [-0.39, 0.29) is 11.9 Å². The monoisotopic (exact) mass is 380 g/mol. The highest BCUT2D eigenvalue weighted by atomic mass is 32.1. The maximum atomic E-state index is 12.5. The predicted octanol–water partition coefficient (Wildman–Crippen LogP) is 3.30. The van der Waals surface area contributed by atoms with Gasteiger partial charge in [0.25, 0.3) is 0 Å². The van der Waals surface area contributed by atoms with Crippen LogP contribution in [0, 0.1) is 0 Å². The first-order valence-electron chi connectivity index (χ1n) is 9.34. The Kier molecular flexibility index (Phi) is 5.36. The van der Waals surface area contributed by atoms with Crippen molar-refractivity contribution in [2.45, 2.75) is 13.0 Å². The standard InChI is InChI=1S/C21H24N4OS/c1-16(20-14-17-4-2-3-5-19(17)27-20)23-21(26)15-24-10-12-25(13-11-24)18-6-8-22-9-7-18/h2-9,14,16H,10-13,15H2,1H3,(H,23,26). The average molecular weight is 381 g/mol. The SMILES string of the molecule is CC(NC(=O)CN1CCN(c2ccncc2)CC1)c1cc2ccccc2s1. The number of aromatic nitrogens is 1. The van der Waals surface area contributed by atoms with Crippen molar-refractivity contribution in [1.82, 2.24) is 15.2 Å². The molecule has 1 saturated heterocycles. The summed E-state index contributed by atoms with van der Waals surface area (Å²) in [5.41, 5.74) is 1.20. The summed E-state index contributed by atoms with van der Waals surface area (Å²) in [6, 6.07) is 14.6. The third-order valence-corrected chi connectivity index (χ3v) is 6.32. The van der Waals surface area contributed by atoms with E-state index in [1.165, 1.54) is 20.7 Å². The van der Waals surface area contributed by atoms with Crippen molar-refractivity contribution < 1.29 is 4.79 Å². The van der Waals surface area contributed by atoms with Crippen LogP contribution in [0.2, 0.25) is 0 Å². The van der Waals surface area contributed by atoms with Crippen molar-refractivity contribution in [3.05, 3.63) is 59.7 Å². The molecule has 3 aromatic rings. The summed E-state index contributed by atoms with van der Waals surface area (Å²) >= 11 is 1.75. The van der Waals surface area contributed by atoms with Gasteiger partial charge in [0.15, 0.2) is 0 Å². The number of carbonyl (C=O) groups is 1. The molecule has 140 valence electrons. The van der Waals surface area contributed by atoms with Crippen LogP contribution in [0.1, 0.15) is 17.8 Å². The molecule has 1 aliphatic rings. The van der Waals surface area contributed by atoms with E-state index < -0.39 is 0 Å².